The van der Waals surface area contributed by atoms with E-state index in [1.807, 2.05) is 0 Å². The van der Waals surface area contributed by atoms with Gasteiger partial charge in [0.15, 0.2) is 5.60 Å². The Morgan fingerprint density at radius 2 is 2.18 bits per heavy atom. The summed E-state index contributed by atoms with van der Waals surface area (Å²) in [6.45, 7) is 10.2. The summed E-state index contributed by atoms with van der Waals surface area (Å²) in [7, 11) is 0. The first-order valence-corrected chi connectivity index (χ1v) is 6.33. The van der Waals surface area contributed by atoms with Crippen molar-refractivity contribution < 1.29 is 14.6 Å². The zero-order valence-corrected chi connectivity index (χ0v) is 11.2. The third kappa shape index (κ3) is 2.89. The Kier molecular flexibility index (Phi) is 4.36. The van der Waals surface area contributed by atoms with Crippen molar-refractivity contribution in [3.05, 3.63) is 12.7 Å². The molecule has 0 spiro atoms. The largest absolute Gasteiger partial charge is 0.479 e. The first-order valence-electron chi connectivity index (χ1n) is 6.33. The molecule has 3 heteroatoms. The lowest BCUT2D eigenvalue weighted by atomic mass is 9.63. The third-order valence-corrected chi connectivity index (χ3v) is 3.72. The van der Waals surface area contributed by atoms with Crippen molar-refractivity contribution in [2.24, 2.45) is 11.3 Å². The van der Waals surface area contributed by atoms with E-state index in [4.69, 9.17) is 4.74 Å². The lowest BCUT2D eigenvalue weighted by Gasteiger charge is -2.46. The van der Waals surface area contributed by atoms with Crippen LogP contribution in [0.4, 0.5) is 0 Å². The maximum Gasteiger partial charge on any atom is 0.336 e. The molecule has 1 aliphatic carbocycles. The van der Waals surface area contributed by atoms with Crippen LogP contribution in [0.1, 0.15) is 46.5 Å². The molecule has 0 aromatic heterocycles. The van der Waals surface area contributed by atoms with Crippen molar-refractivity contribution in [1.82, 2.24) is 0 Å². The molecule has 0 radical (unpaired) electrons. The van der Waals surface area contributed by atoms with E-state index in [1.54, 1.807) is 6.08 Å². The van der Waals surface area contributed by atoms with Crippen molar-refractivity contribution in [3.8, 4) is 0 Å². The van der Waals surface area contributed by atoms with Crippen molar-refractivity contribution >= 4 is 5.97 Å². The van der Waals surface area contributed by atoms with Crippen LogP contribution >= 0.6 is 0 Å². The van der Waals surface area contributed by atoms with Crippen LogP contribution in [0.5, 0.6) is 0 Å². The second-order valence-electron chi connectivity index (χ2n) is 5.96. The first kappa shape index (κ1) is 14.2. The number of hydrogen-bond donors (Lipinski definition) is 1. The summed E-state index contributed by atoms with van der Waals surface area (Å²) < 4.78 is 5.70. The number of carboxylic acid groups (broad SMARTS) is 1. The van der Waals surface area contributed by atoms with E-state index < -0.39 is 11.6 Å². The lowest BCUT2D eigenvalue weighted by Crippen LogP contribution is -2.54. The lowest BCUT2D eigenvalue weighted by molar-refractivity contribution is -0.187. The molecule has 3 nitrogen and oxygen atoms in total. The molecule has 0 bridgehead atoms. The van der Waals surface area contributed by atoms with E-state index in [2.05, 4.69) is 27.4 Å². The quantitative estimate of drug-likeness (QED) is 0.767. The second-order valence-corrected chi connectivity index (χ2v) is 5.96. The monoisotopic (exact) mass is 240 g/mol. The molecule has 1 rings (SSSR count). The molecule has 98 valence electrons. The topological polar surface area (TPSA) is 46.5 Å². The summed E-state index contributed by atoms with van der Waals surface area (Å²) in [6, 6.07) is 0. The maximum atomic E-state index is 11.7. The molecule has 0 aromatic carbocycles. The summed E-state index contributed by atoms with van der Waals surface area (Å²) in [5, 5.41) is 9.59. The van der Waals surface area contributed by atoms with E-state index in [0.717, 1.165) is 19.3 Å². The predicted molar refractivity (Wildman–Crippen MR) is 67.9 cm³/mol. The highest BCUT2D eigenvalue weighted by Gasteiger charge is 2.52. The predicted octanol–water partition coefficient (Wildman–Crippen LogP) is 3.25. The number of hydrogen-bond acceptors (Lipinski definition) is 2. The Bertz CT molecular complexity index is 290. The molecule has 0 amide bonds. The van der Waals surface area contributed by atoms with Crippen LogP contribution < -0.4 is 0 Å². The normalized spacial score (nSPS) is 29.9. The number of carbonyl (C=O) groups is 1. The van der Waals surface area contributed by atoms with Gasteiger partial charge in [-0.3, -0.25) is 0 Å². The highest BCUT2D eigenvalue weighted by atomic mass is 16.5. The van der Waals surface area contributed by atoms with Gasteiger partial charge in [-0.15, -0.1) is 6.58 Å². The van der Waals surface area contributed by atoms with Crippen LogP contribution in [-0.4, -0.2) is 23.3 Å². The zero-order valence-electron chi connectivity index (χ0n) is 11.2. The molecule has 1 saturated carbocycles. The first-order chi connectivity index (χ1) is 7.84. The van der Waals surface area contributed by atoms with E-state index in [-0.39, 0.29) is 11.3 Å². The minimum Gasteiger partial charge on any atom is -0.479 e. The fraction of sp³-hybridized carbons (Fsp3) is 0.786. The van der Waals surface area contributed by atoms with Crippen LogP contribution in [-0.2, 0) is 9.53 Å². The van der Waals surface area contributed by atoms with Gasteiger partial charge in [0.25, 0.3) is 0 Å². The Morgan fingerprint density at radius 1 is 1.53 bits per heavy atom. The Labute approximate surface area is 104 Å². The van der Waals surface area contributed by atoms with Crippen molar-refractivity contribution in [1.29, 1.82) is 0 Å². The fourth-order valence-electron chi connectivity index (χ4n) is 2.97. The average molecular weight is 240 g/mol. The van der Waals surface area contributed by atoms with Gasteiger partial charge >= 0.3 is 5.97 Å². The minimum absolute atomic E-state index is 0.0556. The number of carboxylic acids is 1. The molecule has 17 heavy (non-hydrogen) atoms. The fourth-order valence-corrected chi connectivity index (χ4v) is 2.97. The molecule has 0 heterocycles. The summed E-state index contributed by atoms with van der Waals surface area (Å²) in [5.74, 6) is -0.764. The van der Waals surface area contributed by atoms with Gasteiger partial charge in [0.1, 0.15) is 0 Å². The Morgan fingerprint density at radius 3 is 2.65 bits per heavy atom. The van der Waals surface area contributed by atoms with Gasteiger partial charge in [-0.2, -0.15) is 0 Å². The van der Waals surface area contributed by atoms with Gasteiger partial charge in [-0.05, 0) is 24.7 Å². The Balaban J connectivity index is 3.04. The van der Waals surface area contributed by atoms with Gasteiger partial charge < -0.3 is 9.84 Å². The van der Waals surface area contributed by atoms with Crippen LogP contribution in [0.3, 0.4) is 0 Å². The highest BCUT2D eigenvalue weighted by molar-refractivity contribution is 5.78. The molecule has 2 unspecified atom stereocenters. The molecule has 0 aliphatic heterocycles. The second kappa shape index (κ2) is 5.21. The standard InChI is InChI=1S/C14H24O3/c1-5-10-17-14(12(15)16)9-7-6-8-11(14)13(2,3)4/h5,11H,1,6-10H2,2-4H3,(H,15,16). The van der Waals surface area contributed by atoms with Crippen molar-refractivity contribution in [2.75, 3.05) is 6.61 Å². The molecule has 0 aromatic rings. The van der Waals surface area contributed by atoms with Gasteiger partial charge in [0.2, 0.25) is 0 Å². The average Bonchev–Trinajstić information content (AvgIpc) is 2.25. The van der Waals surface area contributed by atoms with Crippen molar-refractivity contribution in [2.45, 2.75) is 52.1 Å². The van der Waals surface area contributed by atoms with Gasteiger partial charge in [-0.25, -0.2) is 4.79 Å². The summed E-state index contributed by atoms with van der Waals surface area (Å²) in [5.41, 5.74) is -1.08. The van der Waals surface area contributed by atoms with Crippen LogP contribution in [0.15, 0.2) is 12.7 Å². The summed E-state index contributed by atoms with van der Waals surface area (Å²) in [4.78, 5) is 11.7. The number of ether oxygens (including phenoxy) is 1. The van der Waals surface area contributed by atoms with Gasteiger partial charge in [-0.1, -0.05) is 33.3 Å². The summed E-state index contributed by atoms with van der Waals surface area (Å²) >= 11 is 0. The molecule has 0 saturated heterocycles. The number of aliphatic carboxylic acids is 1. The van der Waals surface area contributed by atoms with Crippen LogP contribution in [0.25, 0.3) is 0 Å². The maximum absolute atomic E-state index is 11.7. The molecular formula is C14H24O3. The van der Waals surface area contributed by atoms with E-state index >= 15 is 0 Å². The number of rotatable bonds is 4. The molecule has 2 atom stereocenters. The molecule has 1 aliphatic rings. The van der Waals surface area contributed by atoms with Crippen LogP contribution in [0, 0.1) is 11.3 Å². The summed E-state index contributed by atoms with van der Waals surface area (Å²) in [6.07, 6.45) is 5.18. The SMILES string of the molecule is C=CCOC1(C(=O)O)CCCCC1C(C)(C)C. The molecule has 1 N–H and O–H groups in total. The Hall–Kier alpha value is -0.830. The zero-order chi connectivity index (χ0) is 13.1. The van der Waals surface area contributed by atoms with Crippen molar-refractivity contribution in [3.63, 3.8) is 0 Å². The van der Waals surface area contributed by atoms with E-state index in [1.165, 1.54) is 0 Å². The minimum atomic E-state index is -1.02. The molecule has 1 fully saturated rings. The highest BCUT2D eigenvalue weighted by Crippen LogP contribution is 2.46. The molecular weight excluding hydrogens is 216 g/mol. The van der Waals surface area contributed by atoms with E-state index in [0.29, 0.717) is 13.0 Å². The third-order valence-electron chi connectivity index (χ3n) is 3.72. The van der Waals surface area contributed by atoms with Gasteiger partial charge in [0, 0.05) is 5.92 Å². The van der Waals surface area contributed by atoms with Crippen LogP contribution in [0.2, 0.25) is 0 Å². The smallest absolute Gasteiger partial charge is 0.336 e. The van der Waals surface area contributed by atoms with Gasteiger partial charge in [0.05, 0.1) is 6.61 Å². The van der Waals surface area contributed by atoms with E-state index in [9.17, 15) is 9.90 Å².